The smallest absolute Gasteiger partial charge is 0.322 e. The van der Waals surface area contributed by atoms with Gasteiger partial charge in [-0.15, -0.1) is 0 Å². The average molecular weight is 215 g/mol. The van der Waals surface area contributed by atoms with E-state index >= 15 is 0 Å². The van der Waals surface area contributed by atoms with E-state index < -0.39 is 0 Å². The molecule has 15 heavy (non-hydrogen) atoms. The highest BCUT2D eigenvalue weighted by Gasteiger charge is 2.35. The summed E-state index contributed by atoms with van der Waals surface area (Å²) in [5, 5.41) is 0. The third kappa shape index (κ3) is 3.18. The van der Waals surface area contributed by atoms with Gasteiger partial charge in [-0.2, -0.15) is 0 Å². The second-order valence-corrected chi connectivity index (χ2v) is 4.82. The van der Waals surface area contributed by atoms with Crippen molar-refractivity contribution >= 4 is 5.97 Å². The molecular formula is C11H21NO3. The van der Waals surface area contributed by atoms with E-state index in [1.807, 2.05) is 27.7 Å². The quantitative estimate of drug-likeness (QED) is 0.645. The molecule has 4 heteroatoms. The van der Waals surface area contributed by atoms with E-state index in [-0.39, 0.29) is 23.7 Å². The van der Waals surface area contributed by atoms with Gasteiger partial charge in [0.2, 0.25) is 0 Å². The Balaban J connectivity index is 2.66. The molecule has 1 aliphatic rings. The molecule has 0 amide bonds. The van der Waals surface area contributed by atoms with Crippen LogP contribution in [-0.4, -0.2) is 48.8 Å². The third-order valence-electron chi connectivity index (χ3n) is 2.69. The highest BCUT2D eigenvalue weighted by Crippen LogP contribution is 2.22. The largest absolute Gasteiger partial charge is 0.468 e. The van der Waals surface area contributed by atoms with Crippen molar-refractivity contribution in [1.29, 1.82) is 0 Å². The highest BCUT2D eigenvalue weighted by atomic mass is 16.5. The number of ether oxygens (including phenoxy) is 2. The molecule has 2 atom stereocenters. The van der Waals surface area contributed by atoms with Crippen LogP contribution in [0.5, 0.6) is 0 Å². The third-order valence-corrected chi connectivity index (χ3v) is 2.69. The first-order valence-corrected chi connectivity index (χ1v) is 5.35. The molecule has 0 aromatic carbocycles. The summed E-state index contributed by atoms with van der Waals surface area (Å²) in [6.07, 6.45) is 0.154. The summed E-state index contributed by atoms with van der Waals surface area (Å²) in [7, 11) is 1.42. The molecule has 0 saturated carbocycles. The molecule has 4 nitrogen and oxygen atoms in total. The second kappa shape index (κ2) is 4.49. The molecular weight excluding hydrogens is 194 g/mol. The fourth-order valence-electron chi connectivity index (χ4n) is 2.12. The maximum Gasteiger partial charge on any atom is 0.322 e. The zero-order valence-electron chi connectivity index (χ0n) is 10.2. The molecule has 1 fully saturated rings. The summed E-state index contributed by atoms with van der Waals surface area (Å²) in [6, 6.07) is -0.194. The summed E-state index contributed by atoms with van der Waals surface area (Å²) < 4.78 is 10.5. The molecule has 0 bridgehead atoms. The van der Waals surface area contributed by atoms with Crippen LogP contribution in [-0.2, 0) is 14.3 Å². The van der Waals surface area contributed by atoms with Crippen LogP contribution >= 0.6 is 0 Å². The van der Waals surface area contributed by atoms with Gasteiger partial charge in [0.1, 0.15) is 6.04 Å². The van der Waals surface area contributed by atoms with Crippen LogP contribution in [0.4, 0.5) is 0 Å². The minimum absolute atomic E-state index is 0.154. The number of hydrogen-bond donors (Lipinski definition) is 0. The molecule has 1 heterocycles. The number of esters is 1. The molecule has 88 valence electrons. The second-order valence-electron chi connectivity index (χ2n) is 4.82. The zero-order valence-corrected chi connectivity index (χ0v) is 10.2. The summed E-state index contributed by atoms with van der Waals surface area (Å²) in [5.74, 6) is -0.181. The molecule has 2 unspecified atom stereocenters. The van der Waals surface area contributed by atoms with Gasteiger partial charge in [-0.3, -0.25) is 9.69 Å². The van der Waals surface area contributed by atoms with Crippen LogP contribution in [0.25, 0.3) is 0 Å². The van der Waals surface area contributed by atoms with E-state index in [1.165, 1.54) is 7.11 Å². The molecule has 0 spiro atoms. The van der Waals surface area contributed by atoms with E-state index in [0.717, 1.165) is 13.1 Å². The van der Waals surface area contributed by atoms with Gasteiger partial charge in [-0.1, -0.05) is 0 Å². The average Bonchev–Trinajstić information content (AvgIpc) is 2.12. The minimum Gasteiger partial charge on any atom is -0.468 e. The number of carbonyl (C=O) groups is 1. The first kappa shape index (κ1) is 12.5. The molecule has 1 aliphatic heterocycles. The van der Waals surface area contributed by atoms with Gasteiger partial charge in [0, 0.05) is 13.1 Å². The zero-order chi connectivity index (χ0) is 11.6. The number of nitrogens with zero attached hydrogens (tertiary/aromatic N) is 1. The fourth-order valence-corrected chi connectivity index (χ4v) is 2.12. The van der Waals surface area contributed by atoms with Crippen molar-refractivity contribution < 1.29 is 14.3 Å². The normalized spacial score (nSPS) is 28.5. The Bertz CT molecular complexity index is 240. The Morgan fingerprint density at radius 1 is 1.60 bits per heavy atom. The Labute approximate surface area is 91.5 Å². The number of rotatable bonds is 2. The number of carbonyl (C=O) groups excluding carboxylic acids is 1. The predicted molar refractivity (Wildman–Crippen MR) is 57.7 cm³/mol. The van der Waals surface area contributed by atoms with Gasteiger partial charge in [0.25, 0.3) is 0 Å². The van der Waals surface area contributed by atoms with Crippen molar-refractivity contribution in [1.82, 2.24) is 4.90 Å². The number of morpholine rings is 1. The maximum atomic E-state index is 11.4. The molecule has 1 rings (SSSR count). The first-order valence-electron chi connectivity index (χ1n) is 5.35. The molecule has 0 aromatic rings. The Morgan fingerprint density at radius 3 is 2.67 bits per heavy atom. The van der Waals surface area contributed by atoms with Crippen LogP contribution < -0.4 is 0 Å². The molecule has 0 aromatic heterocycles. The molecule has 0 aliphatic carbocycles. The van der Waals surface area contributed by atoms with Crippen LogP contribution in [0, 0.1) is 0 Å². The topological polar surface area (TPSA) is 38.8 Å². The fraction of sp³-hybridized carbons (Fsp3) is 0.909. The lowest BCUT2D eigenvalue weighted by atomic mass is 10.0. The summed E-state index contributed by atoms with van der Waals surface area (Å²) >= 11 is 0. The summed E-state index contributed by atoms with van der Waals surface area (Å²) in [6.45, 7) is 9.52. The lowest BCUT2D eigenvalue weighted by Crippen LogP contribution is -2.56. The monoisotopic (exact) mass is 215 g/mol. The Morgan fingerprint density at radius 2 is 2.20 bits per heavy atom. The number of hydrogen-bond acceptors (Lipinski definition) is 4. The van der Waals surface area contributed by atoms with Gasteiger partial charge < -0.3 is 9.47 Å². The lowest BCUT2D eigenvalue weighted by Gasteiger charge is -2.43. The SMILES string of the molecule is COC(=O)C(C)N1CC(C)OC(C)(C)C1. The van der Waals surface area contributed by atoms with Crippen molar-refractivity contribution in [3.63, 3.8) is 0 Å². The Kier molecular flexibility index (Phi) is 3.73. The standard InChI is InChI=1S/C11H21NO3/c1-8-6-12(7-11(3,4)15-8)9(2)10(13)14-5/h8-9H,6-7H2,1-5H3. The molecule has 0 N–H and O–H groups in total. The molecule has 0 radical (unpaired) electrons. The van der Waals surface area contributed by atoms with Gasteiger partial charge in [-0.25, -0.2) is 0 Å². The highest BCUT2D eigenvalue weighted by molar-refractivity contribution is 5.75. The Hall–Kier alpha value is -0.610. The van der Waals surface area contributed by atoms with Gasteiger partial charge in [-0.05, 0) is 27.7 Å². The lowest BCUT2D eigenvalue weighted by molar-refractivity contribution is -0.161. The van der Waals surface area contributed by atoms with Gasteiger partial charge >= 0.3 is 5.97 Å². The van der Waals surface area contributed by atoms with Gasteiger partial charge in [0.15, 0.2) is 0 Å². The van der Waals surface area contributed by atoms with Crippen molar-refractivity contribution in [2.45, 2.75) is 45.4 Å². The first-order chi connectivity index (χ1) is 6.85. The predicted octanol–water partition coefficient (Wildman–Crippen LogP) is 1.05. The minimum atomic E-state index is -0.194. The van der Waals surface area contributed by atoms with Crippen LogP contribution in [0.1, 0.15) is 27.7 Å². The van der Waals surface area contributed by atoms with Gasteiger partial charge in [0.05, 0.1) is 18.8 Å². The van der Waals surface area contributed by atoms with E-state index in [2.05, 4.69) is 4.90 Å². The van der Waals surface area contributed by atoms with Crippen molar-refractivity contribution in [2.24, 2.45) is 0 Å². The van der Waals surface area contributed by atoms with Crippen molar-refractivity contribution in [3.05, 3.63) is 0 Å². The summed E-state index contributed by atoms with van der Waals surface area (Å²) in [4.78, 5) is 13.5. The van der Waals surface area contributed by atoms with Crippen molar-refractivity contribution in [2.75, 3.05) is 20.2 Å². The number of methoxy groups -OCH3 is 1. The maximum absolute atomic E-state index is 11.4. The van der Waals surface area contributed by atoms with E-state index in [1.54, 1.807) is 0 Å². The van der Waals surface area contributed by atoms with E-state index in [9.17, 15) is 4.79 Å². The van der Waals surface area contributed by atoms with E-state index in [0.29, 0.717) is 0 Å². The van der Waals surface area contributed by atoms with Crippen LogP contribution in [0.15, 0.2) is 0 Å². The summed E-state index contributed by atoms with van der Waals surface area (Å²) in [5.41, 5.74) is -0.194. The van der Waals surface area contributed by atoms with Crippen LogP contribution in [0.2, 0.25) is 0 Å². The van der Waals surface area contributed by atoms with Crippen molar-refractivity contribution in [3.8, 4) is 0 Å². The van der Waals surface area contributed by atoms with Crippen LogP contribution in [0.3, 0.4) is 0 Å². The molecule has 1 saturated heterocycles. The van der Waals surface area contributed by atoms with E-state index in [4.69, 9.17) is 9.47 Å².